The van der Waals surface area contributed by atoms with Crippen molar-refractivity contribution in [1.29, 1.82) is 0 Å². The molecule has 0 bridgehead atoms. The first-order valence-corrected chi connectivity index (χ1v) is 6.39. The molecule has 0 spiro atoms. The Balaban J connectivity index is 1.79. The Morgan fingerprint density at radius 1 is 0.950 bits per heavy atom. The van der Waals surface area contributed by atoms with Crippen molar-refractivity contribution < 1.29 is 9.53 Å². The molecule has 20 heavy (non-hydrogen) atoms. The molecule has 0 saturated carbocycles. The maximum absolute atomic E-state index is 11.9. The van der Waals surface area contributed by atoms with E-state index < -0.39 is 0 Å². The van der Waals surface area contributed by atoms with Gasteiger partial charge in [0.05, 0.1) is 11.1 Å². The normalized spacial score (nSPS) is 10.4. The van der Waals surface area contributed by atoms with Gasteiger partial charge in [0.1, 0.15) is 6.61 Å². The Morgan fingerprint density at radius 3 is 2.60 bits per heavy atom. The van der Waals surface area contributed by atoms with Crippen molar-refractivity contribution in [2.45, 2.75) is 6.61 Å². The largest absolute Gasteiger partial charge is 0.457 e. The van der Waals surface area contributed by atoms with Crippen LogP contribution in [0.3, 0.4) is 0 Å². The molecule has 0 atom stereocenters. The number of pyridine rings is 1. The lowest BCUT2D eigenvalue weighted by atomic mass is 10.1. The van der Waals surface area contributed by atoms with Crippen molar-refractivity contribution in [3.05, 3.63) is 78.0 Å². The number of benzene rings is 2. The fourth-order valence-electron chi connectivity index (χ4n) is 2.08. The second-order valence-corrected chi connectivity index (χ2v) is 4.43. The van der Waals surface area contributed by atoms with Gasteiger partial charge in [0.25, 0.3) is 0 Å². The van der Waals surface area contributed by atoms with Crippen LogP contribution in [0.2, 0.25) is 0 Å². The molecule has 3 aromatic rings. The third-order valence-electron chi connectivity index (χ3n) is 3.08. The summed E-state index contributed by atoms with van der Waals surface area (Å²) in [5.41, 5.74) is 2.34. The van der Waals surface area contributed by atoms with Crippen LogP contribution in [-0.2, 0) is 11.3 Å². The number of nitrogens with zero attached hydrogens (tertiary/aromatic N) is 1. The lowest BCUT2D eigenvalue weighted by molar-refractivity contribution is 0.0474. The number of carbonyl (C=O) groups is 1. The molecule has 0 unspecified atom stereocenters. The van der Waals surface area contributed by atoms with Crippen molar-refractivity contribution in [3.8, 4) is 0 Å². The number of rotatable bonds is 3. The van der Waals surface area contributed by atoms with E-state index in [1.54, 1.807) is 18.3 Å². The molecule has 1 aromatic heterocycles. The summed E-state index contributed by atoms with van der Waals surface area (Å²) in [6.45, 7) is 0.224. The fraction of sp³-hybridized carbons (Fsp3) is 0.0588. The number of ether oxygens (including phenoxy) is 1. The highest BCUT2D eigenvalue weighted by atomic mass is 16.5. The van der Waals surface area contributed by atoms with Crippen LogP contribution >= 0.6 is 0 Å². The zero-order valence-electron chi connectivity index (χ0n) is 10.8. The van der Waals surface area contributed by atoms with Crippen LogP contribution in [0.15, 0.2) is 66.9 Å². The molecule has 2 aromatic carbocycles. The summed E-state index contributed by atoms with van der Waals surface area (Å²) < 4.78 is 5.34. The quantitative estimate of drug-likeness (QED) is 0.678. The van der Waals surface area contributed by atoms with Crippen molar-refractivity contribution in [1.82, 2.24) is 4.98 Å². The highest BCUT2D eigenvalue weighted by Gasteiger charge is 2.08. The lowest BCUT2D eigenvalue weighted by Crippen LogP contribution is -2.05. The number of para-hydroxylation sites is 1. The first kappa shape index (κ1) is 12.4. The molecule has 0 aliphatic heterocycles. The highest BCUT2D eigenvalue weighted by molar-refractivity contribution is 5.89. The molecule has 0 amide bonds. The van der Waals surface area contributed by atoms with E-state index in [1.165, 1.54) is 0 Å². The molecular weight excluding hydrogens is 250 g/mol. The number of aromatic nitrogens is 1. The van der Waals surface area contributed by atoms with E-state index in [-0.39, 0.29) is 12.6 Å². The van der Waals surface area contributed by atoms with Gasteiger partial charge in [-0.15, -0.1) is 0 Å². The Morgan fingerprint density at radius 2 is 1.75 bits per heavy atom. The highest BCUT2D eigenvalue weighted by Crippen LogP contribution is 2.17. The third-order valence-corrected chi connectivity index (χ3v) is 3.08. The van der Waals surface area contributed by atoms with Crippen LogP contribution in [0.5, 0.6) is 0 Å². The molecule has 98 valence electrons. The van der Waals surface area contributed by atoms with Crippen LogP contribution in [-0.4, -0.2) is 11.0 Å². The van der Waals surface area contributed by atoms with Gasteiger partial charge in [-0.25, -0.2) is 4.79 Å². The fourth-order valence-corrected chi connectivity index (χ4v) is 2.08. The van der Waals surface area contributed by atoms with Crippen LogP contribution in [0, 0.1) is 0 Å². The first-order valence-electron chi connectivity index (χ1n) is 6.39. The molecule has 0 aliphatic rings. The molecule has 0 radical (unpaired) electrons. The maximum Gasteiger partial charge on any atom is 0.338 e. The smallest absolute Gasteiger partial charge is 0.338 e. The Bertz CT molecular complexity index is 733. The maximum atomic E-state index is 11.9. The minimum Gasteiger partial charge on any atom is -0.457 e. The number of hydrogen-bond acceptors (Lipinski definition) is 3. The van der Waals surface area contributed by atoms with E-state index in [0.29, 0.717) is 5.56 Å². The number of hydrogen-bond donors (Lipinski definition) is 0. The van der Waals surface area contributed by atoms with Gasteiger partial charge in [0, 0.05) is 17.1 Å². The predicted octanol–water partition coefficient (Wildman–Crippen LogP) is 3.59. The summed E-state index contributed by atoms with van der Waals surface area (Å²) in [4.78, 5) is 16.3. The third kappa shape index (κ3) is 2.52. The molecule has 3 rings (SSSR count). The Hall–Kier alpha value is -2.68. The van der Waals surface area contributed by atoms with Gasteiger partial charge in [0.2, 0.25) is 0 Å². The Labute approximate surface area is 116 Å². The van der Waals surface area contributed by atoms with Crippen molar-refractivity contribution in [3.63, 3.8) is 0 Å². The lowest BCUT2D eigenvalue weighted by Gasteiger charge is -2.07. The van der Waals surface area contributed by atoms with E-state index in [9.17, 15) is 4.79 Å². The zero-order chi connectivity index (χ0) is 13.8. The van der Waals surface area contributed by atoms with E-state index in [4.69, 9.17) is 4.74 Å². The number of carbonyl (C=O) groups excluding carboxylic acids is 1. The van der Waals surface area contributed by atoms with Crippen molar-refractivity contribution >= 4 is 16.9 Å². The Kier molecular flexibility index (Phi) is 3.42. The topological polar surface area (TPSA) is 39.2 Å². The monoisotopic (exact) mass is 263 g/mol. The van der Waals surface area contributed by atoms with Crippen LogP contribution in [0.4, 0.5) is 0 Å². The van der Waals surface area contributed by atoms with Gasteiger partial charge in [0.15, 0.2) is 0 Å². The van der Waals surface area contributed by atoms with Gasteiger partial charge < -0.3 is 4.74 Å². The van der Waals surface area contributed by atoms with Gasteiger partial charge in [-0.2, -0.15) is 0 Å². The molecule has 1 heterocycles. The summed E-state index contributed by atoms with van der Waals surface area (Å²) in [5.74, 6) is -0.321. The summed E-state index contributed by atoms with van der Waals surface area (Å²) in [6.07, 6.45) is 1.74. The summed E-state index contributed by atoms with van der Waals surface area (Å²) in [6, 6.07) is 18.7. The number of fused-ring (bicyclic) bond motifs is 1. The average Bonchev–Trinajstić information content (AvgIpc) is 2.53. The summed E-state index contributed by atoms with van der Waals surface area (Å²) in [7, 11) is 0. The van der Waals surface area contributed by atoms with Gasteiger partial charge >= 0.3 is 5.97 Å². The zero-order valence-corrected chi connectivity index (χ0v) is 10.8. The molecular formula is C17H13NO2. The minimum atomic E-state index is -0.321. The van der Waals surface area contributed by atoms with E-state index in [1.807, 2.05) is 48.5 Å². The van der Waals surface area contributed by atoms with Crippen LogP contribution in [0.25, 0.3) is 10.9 Å². The summed E-state index contributed by atoms with van der Waals surface area (Å²) in [5, 5.41) is 1.04. The van der Waals surface area contributed by atoms with Gasteiger partial charge in [-0.3, -0.25) is 4.98 Å². The second kappa shape index (κ2) is 5.53. The second-order valence-electron chi connectivity index (χ2n) is 4.43. The van der Waals surface area contributed by atoms with Crippen molar-refractivity contribution in [2.24, 2.45) is 0 Å². The minimum absolute atomic E-state index is 0.224. The molecule has 0 saturated heterocycles. The van der Waals surface area contributed by atoms with E-state index in [0.717, 1.165) is 16.5 Å². The van der Waals surface area contributed by atoms with Crippen molar-refractivity contribution in [2.75, 3.05) is 0 Å². The molecule has 3 nitrogen and oxygen atoms in total. The summed E-state index contributed by atoms with van der Waals surface area (Å²) >= 11 is 0. The standard InChI is InChI=1S/C17H13NO2/c19-17(14-6-2-1-3-7-14)20-12-15-9-4-8-13-10-5-11-18-16(13)15/h1-11H,12H2. The van der Waals surface area contributed by atoms with Gasteiger partial charge in [-0.05, 0) is 18.2 Å². The number of esters is 1. The molecule has 3 heteroatoms. The molecule has 0 aliphatic carbocycles. The first-order chi connectivity index (χ1) is 9.84. The van der Waals surface area contributed by atoms with Gasteiger partial charge in [-0.1, -0.05) is 42.5 Å². The van der Waals surface area contributed by atoms with Crippen LogP contribution < -0.4 is 0 Å². The van der Waals surface area contributed by atoms with E-state index >= 15 is 0 Å². The predicted molar refractivity (Wildman–Crippen MR) is 77.3 cm³/mol. The molecule has 0 fully saturated rings. The average molecular weight is 263 g/mol. The molecule has 0 N–H and O–H groups in total. The van der Waals surface area contributed by atoms with Crippen LogP contribution in [0.1, 0.15) is 15.9 Å². The SMILES string of the molecule is O=C(OCc1cccc2cccnc12)c1ccccc1. The van der Waals surface area contributed by atoms with E-state index in [2.05, 4.69) is 4.98 Å².